The number of nitrogens with zero attached hydrogens (tertiary/aromatic N) is 2. The van der Waals surface area contributed by atoms with Gasteiger partial charge in [0.05, 0.1) is 38.3 Å². The molecule has 0 aliphatic carbocycles. The van der Waals surface area contributed by atoms with Crippen LogP contribution in [0, 0.1) is 11.8 Å². The van der Waals surface area contributed by atoms with E-state index in [0.717, 1.165) is 0 Å². The molecular weight excluding hydrogens is 530 g/mol. The fraction of sp³-hybridized carbons (Fsp3) is 0.533. The average Bonchev–Trinajstić information content (AvgIpc) is 3.61. The zero-order valence-corrected chi connectivity index (χ0v) is 23.5. The Balaban J connectivity index is 1.61. The van der Waals surface area contributed by atoms with Crippen LogP contribution in [0.25, 0.3) is 0 Å². The maximum Gasteiger partial charge on any atom is 0.313 e. The molecule has 4 aliphatic rings. The number of carbonyl (C=O) groups is 4. The molecule has 1 spiro atoms. The van der Waals surface area contributed by atoms with Gasteiger partial charge in [0.25, 0.3) is 5.91 Å². The van der Waals surface area contributed by atoms with Crippen LogP contribution in [0.4, 0.5) is 5.69 Å². The monoisotopic (exact) mass is 567 g/mol. The number of benzene rings is 1. The SMILES string of the molecule is CC[C@@H](CO)N1C(=O)[C@H]2[C@@H]3C(=O)O[C@H](C)CNC(=O)CC/C=C\CN(c4ccc(OC)cc4)C(=O)[C@H]1[C@@]21C=C[C@@H]3O1. The largest absolute Gasteiger partial charge is 0.497 e. The van der Waals surface area contributed by atoms with Crippen molar-refractivity contribution in [1.82, 2.24) is 10.2 Å². The predicted molar refractivity (Wildman–Crippen MR) is 148 cm³/mol. The Morgan fingerprint density at radius 2 is 1.90 bits per heavy atom. The van der Waals surface area contributed by atoms with E-state index in [-0.39, 0.29) is 32.0 Å². The van der Waals surface area contributed by atoms with Gasteiger partial charge < -0.3 is 34.4 Å². The number of allylic oxidation sites excluding steroid dienone is 1. The Morgan fingerprint density at radius 3 is 2.59 bits per heavy atom. The number of ether oxygens (including phenoxy) is 3. The van der Waals surface area contributed by atoms with Crippen LogP contribution in [0.2, 0.25) is 0 Å². The molecule has 5 bridgehead atoms. The van der Waals surface area contributed by atoms with E-state index in [1.54, 1.807) is 55.4 Å². The summed E-state index contributed by atoms with van der Waals surface area (Å²) < 4.78 is 17.4. The highest BCUT2D eigenvalue weighted by Crippen LogP contribution is 2.56. The molecule has 0 saturated carbocycles. The van der Waals surface area contributed by atoms with Gasteiger partial charge in [0.1, 0.15) is 29.4 Å². The van der Waals surface area contributed by atoms with E-state index in [9.17, 15) is 24.3 Å². The minimum absolute atomic E-state index is 0.132. The van der Waals surface area contributed by atoms with Gasteiger partial charge in [-0.2, -0.15) is 0 Å². The summed E-state index contributed by atoms with van der Waals surface area (Å²) in [5.41, 5.74) is -0.827. The molecular formula is C30H37N3O8. The maximum atomic E-state index is 14.6. The van der Waals surface area contributed by atoms with Crippen LogP contribution < -0.4 is 15.0 Å². The summed E-state index contributed by atoms with van der Waals surface area (Å²) in [4.78, 5) is 57.6. The lowest BCUT2D eigenvalue weighted by Crippen LogP contribution is -2.58. The number of hydrogen-bond donors (Lipinski definition) is 2. The van der Waals surface area contributed by atoms with Crippen LogP contribution in [0.3, 0.4) is 0 Å². The van der Waals surface area contributed by atoms with Crippen LogP contribution in [0.5, 0.6) is 5.75 Å². The molecule has 0 radical (unpaired) electrons. The van der Waals surface area contributed by atoms with Crippen molar-refractivity contribution in [3.05, 3.63) is 48.6 Å². The summed E-state index contributed by atoms with van der Waals surface area (Å²) >= 11 is 0. The number of nitrogens with one attached hydrogen (secondary N) is 1. The second-order valence-corrected chi connectivity index (χ2v) is 10.9. The third kappa shape index (κ3) is 5.01. The number of anilines is 1. The van der Waals surface area contributed by atoms with Crippen molar-refractivity contribution in [3.8, 4) is 5.75 Å². The van der Waals surface area contributed by atoms with Crippen LogP contribution in [-0.2, 0) is 28.7 Å². The first-order chi connectivity index (χ1) is 19.7. The maximum absolute atomic E-state index is 14.6. The first kappa shape index (κ1) is 28.8. The molecule has 3 amide bonds. The van der Waals surface area contributed by atoms with Gasteiger partial charge in [-0.05, 0) is 44.0 Å². The smallest absolute Gasteiger partial charge is 0.313 e. The second kappa shape index (κ2) is 11.7. The molecule has 41 heavy (non-hydrogen) atoms. The van der Waals surface area contributed by atoms with Crippen LogP contribution >= 0.6 is 0 Å². The number of fused-ring (bicyclic) bond motifs is 2. The highest BCUT2D eigenvalue weighted by molar-refractivity contribution is 6.05. The van der Waals surface area contributed by atoms with Crippen molar-refractivity contribution < 1.29 is 38.5 Å². The minimum atomic E-state index is -1.40. The van der Waals surface area contributed by atoms with Gasteiger partial charge in [-0.3, -0.25) is 19.2 Å². The van der Waals surface area contributed by atoms with Crippen LogP contribution in [-0.4, -0.2) is 90.4 Å². The third-order valence-electron chi connectivity index (χ3n) is 8.44. The van der Waals surface area contributed by atoms with Gasteiger partial charge in [-0.15, -0.1) is 0 Å². The number of cyclic esters (lactones) is 1. The standard InChI is InChI=1S/C30H37N3O8/c1-4-19(17-34)33-26-28(37)32(20-9-11-21(39-3)12-10-20)15-7-5-6-8-23(35)31-16-18(2)40-29(38)24-22-13-14-30(26,41-22)25(24)27(33)36/h5,7,9-14,18-19,22,24-26,34H,4,6,8,15-17H2,1-3H3,(H,31,35)/b7-5-/t18-,19+,22+,24-,25-,26+,30-/m1/s1. The lowest BCUT2D eigenvalue weighted by Gasteiger charge is -2.38. The van der Waals surface area contributed by atoms with Gasteiger partial charge in [-0.25, -0.2) is 0 Å². The number of hydrogen-bond acceptors (Lipinski definition) is 8. The molecule has 4 aliphatic heterocycles. The molecule has 4 heterocycles. The second-order valence-electron chi connectivity index (χ2n) is 10.9. The molecule has 11 nitrogen and oxygen atoms in total. The van der Waals surface area contributed by atoms with E-state index in [1.165, 1.54) is 4.90 Å². The van der Waals surface area contributed by atoms with Crippen molar-refractivity contribution in [2.24, 2.45) is 11.8 Å². The molecule has 5 rings (SSSR count). The zero-order chi connectivity index (χ0) is 29.3. The number of amides is 3. The van der Waals surface area contributed by atoms with Crippen molar-refractivity contribution in [3.63, 3.8) is 0 Å². The number of methoxy groups -OCH3 is 1. The van der Waals surface area contributed by atoms with E-state index >= 15 is 0 Å². The van der Waals surface area contributed by atoms with E-state index in [4.69, 9.17) is 14.2 Å². The number of likely N-dealkylation sites (tertiary alicyclic amines) is 1. The molecule has 1 aromatic carbocycles. The zero-order valence-electron chi connectivity index (χ0n) is 23.5. The summed E-state index contributed by atoms with van der Waals surface area (Å²) in [7, 11) is 1.55. The Morgan fingerprint density at radius 1 is 1.15 bits per heavy atom. The quantitative estimate of drug-likeness (QED) is 0.402. The van der Waals surface area contributed by atoms with Crippen molar-refractivity contribution >= 4 is 29.4 Å². The molecule has 1 aromatic rings. The summed E-state index contributed by atoms with van der Waals surface area (Å²) in [5.74, 6) is -2.98. The van der Waals surface area contributed by atoms with E-state index < -0.39 is 59.5 Å². The average molecular weight is 568 g/mol. The Labute approximate surface area is 239 Å². The molecule has 2 fully saturated rings. The third-order valence-corrected chi connectivity index (χ3v) is 8.44. The van der Waals surface area contributed by atoms with Gasteiger partial charge in [0.15, 0.2) is 0 Å². The van der Waals surface area contributed by atoms with Crippen molar-refractivity contribution in [2.75, 3.05) is 31.7 Å². The van der Waals surface area contributed by atoms with Crippen LogP contribution in [0.15, 0.2) is 48.6 Å². The highest BCUT2D eigenvalue weighted by atomic mass is 16.6. The highest BCUT2D eigenvalue weighted by Gasteiger charge is 2.74. The number of aliphatic hydroxyl groups excluding tert-OH is 1. The van der Waals surface area contributed by atoms with Gasteiger partial charge >= 0.3 is 5.97 Å². The number of rotatable bonds is 5. The molecule has 2 saturated heterocycles. The first-order valence-electron chi connectivity index (χ1n) is 14.1. The van der Waals surface area contributed by atoms with Crippen LogP contribution in [0.1, 0.15) is 33.1 Å². The van der Waals surface area contributed by atoms with E-state index in [2.05, 4.69) is 5.32 Å². The molecule has 11 heteroatoms. The number of aliphatic hydroxyl groups is 1. The predicted octanol–water partition coefficient (Wildman–Crippen LogP) is 1.35. The Kier molecular flexibility index (Phi) is 8.19. The normalized spacial score (nSPS) is 33.4. The van der Waals surface area contributed by atoms with Crippen molar-refractivity contribution in [1.29, 1.82) is 0 Å². The minimum Gasteiger partial charge on any atom is -0.497 e. The summed E-state index contributed by atoms with van der Waals surface area (Å²) in [6, 6.07) is 5.21. The summed E-state index contributed by atoms with van der Waals surface area (Å²) in [6.45, 7) is 3.45. The Bertz CT molecular complexity index is 1240. The van der Waals surface area contributed by atoms with Gasteiger partial charge in [0, 0.05) is 18.7 Å². The fourth-order valence-corrected chi connectivity index (χ4v) is 6.37. The lowest BCUT2D eigenvalue weighted by molar-refractivity contribution is -0.159. The molecule has 0 aromatic heterocycles. The number of carbonyl (C=O) groups excluding carboxylic acids is 4. The fourth-order valence-electron chi connectivity index (χ4n) is 6.37. The van der Waals surface area contributed by atoms with E-state index in [0.29, 0.717) is 24.3 Å². The molecule has 2 N–H and O–H groups in total. The van der Waals surface area contributed by atoms with Gasteiger partial charge in [-0.1, -0.05) is 31.2 Å². The molecule has 0 unspecified atom stereocenters. The van der Waals surface area contributed by atoms with Gasteiger partial charge in [0.2, 0.25) is 11.8 Å². The topological polar surface area (TPSA) is 135 Å². The summed E-state index contributed by atoms with van der Waals surface area (Å²) in [6.07, 6.45) is 6.81. The molecule has 7 atom stereocenters. The first-order valence-corrected chi connectivity index (χ1v) is 14.1. The lowest BCUT2D eigenvalue weighted by atomic mass is 9.74. The summed E-state index contributed by atoms with van der Waals surface area (Å²) in [5, 5.41) is 13.1. The molecule has 220 valence electrons. The van der Waals surface area contributed by atoms with E-state index in [1.807, 2.05) is 19.1 Å². The Hall–Kier alpha value is -3.70. The number of esters is 1. The van der Waals surface area contributed by atoms with Crippen molar-refractivity contribution in [2.45, 2.75) is 63.0 Å².